The SMILES string of the molecule is CC1OCCC1S(=O)(=O)Cc1c(C(=O)O)cnn1C. The number of aromatic nitrogens is 2. The summed E-state index contributed by atoms with van der Waals surface area (Å²) < 4.78 is 31.2. The summed E-state index contributed by atoms with van der Waals surface area (Å²) in [5.41, 5.74) is 0.129. The van der Waals surface area contributed by atoms with Crippen LogP contribution in [-0.4, -0.2) is 47.2 Å². The van der Waals surface area contributed by atoms with Crippen LogP contribution in [0.25, 0.3) is 0 Å². The van der Waals surface area contributed by atoms with Gasteiger partial charge in [0.05, 0.1) is 29.0 Å². The van der Waals surface area contributed by atoms with Gasteiger partial charge in [0.15, 0.2) is 9.84 Å². The fourth-order valence-corrected chi connectivity index (χ4v) is 4.35. The molecule has 2 heterocycles. The number of rotatable bonds is 4. The van der Waals surface area contributed by atoms with E-state index in [1.54, 1.807) is 6.92 Å². The molecule has 0 radical (unpaired) electrons. The van der Waals surface area contributed by atoms with Crippen LogP contribution >= 0.6 is 0 Å². The van der Waals surface area contributed by atoms with E-state index in [2.05, 4.69) is 5.10 Å². The van der Waals surface area contributed by atoms with Crippen molar-refractivity contribution in [2.75, 3.05) is 6.61 Å². The summed E-state index contributed by atoms with van der Waals surface area (Å²) in [4.78, 5) is 11.0. The van der Waals surface area contributed by atoms with Crippen molar-refractivity contribution in [3.05, 3.63) is 17.5 Å². The molecule has 1 aromatic rings. The van der Waals surface area contributed by atoms with E-state index in [9.17, 15) is 13.2 Å². The van der Waals surface area contributed by atoms with E-state index in [-0.39, 0.29) is 23.1 Å². The summed E-state index contributed by atoms with van der Waals surface area (Å²) in [6.07, 6.45) is 1.26. The highest BCUT2D eigenvalue weighted by Crippen LogP contribution is 2.24. The number of aryl methyl sites for hydroxylation is 1. The lowest BCUT2D eigenvalue weighted by Crippen LogP contribution is -2.30. The molecule has 0 amide bonds. The van der Waals surface area contributed by atoms with Crippen LogP contribution in [0.2, 0.25) is 0 Å². The molecule has 0 saturated carbocycles. The largest absolute Gasteiger partial charge is 0.478 e. The van der Waals surface area contributed by atoms with Crippen molar-refractivity contribution in [1.29, 1.82) is 0 Å². The maximum Gasteiger partial charge on any atom is 0.339 e. The number of carbonyl (C=O) groups is 1. The summed E-state index contributed by atoms with van der Waals surface area (Å²) in [6, 6.07) is 0. The summed E-state index contributed by atoms with van der Waals surface area (Å²) in [5.74, 6) is -1.50. The van der Waals surface area contributed by atoms with Crippen LogP contribution in [0.1, 0.15) is 29.4 Å². The quantitative estimate of drug-likeness (QED) is 0.850. The van der Waals surface area contributed by atoms with Crippen LogP contribution in [0.5, 0.6) is 0 Å². The Hall–Kier alpha value is -1.41. The Balaban J connectivity index is 2.30. The van der Waals surface area contributed by atoms with E-state index >= 15 is 0 Å². The average molecular weight is 288 g/mol. The Morgan fingerprint density at radius 2 is 2.32 bits per heavy atom. The number of carboxylic acid groups (broad SMARTS) is 1. The van der Waals surface area contributed by atoms with Crippen molar-refractivity contribution >= 4 is 15.8 Å². The molecule has 8 heteroatoms. The number of ether oxygens (including phenoxy) is 1. The van der Waals surface area contributed by atoms with Crippen molar-refractivity contribution in [2.24, 2.45) is 7.05 Å². The predicted octanol–water partition coefficient (Wildman–Crippen LogP) is 0.210. The van der Waals surface area contributed by atoms with Gasteiger partial charge in [-0.1, -0.05) is 0 Å². The second-order valence-corrected chi connectivity index (χ2v) is 6.86. The highest BCUT2D eigenvalue weighted by atomic mass is 32.2. The average Bonchev–Trinajstić information content (AvgIpc) is 2.86. The monoisotopic (exact) mass is 288 g/mol. The third kappa shape index (κ3) is 2.64. The first kappa shape index (κ1) is 14.0. The molecule has 0 aromatic carbocycles. The summed E-state index contributed by atoms with van der Waals surface area (Å²) in [7, 11) is -1.93. The Bertz CT molecular complexity index is 592. The lowest BCUT2D eigenvalue weighted by molar-refractivity contribution is 0.0696. The second-order valence-electron chi connectivity index (χ2n) is 4.64. The van der Waals surface area contributed by atoms with Gasteiger partial charge in [-0.25, -0.2) is 13.2 Å². The molecule has 1 saturated heterocycles. The van der Waals surface area contributed by atoms with Crippen LogP contribution in [0.15, 0.2) is 6.20 Å². The van der Waals surface area contributed by atoms with Gasteiger partial charge in [-0.05, 0) is 13.3 Å². The Morgan fingerprint density at radius 3 is 2.84 bits per heavy atom. The van der Waals surface area contributed by atoms with E-state index in [1.807, 2.05) is 0 Å². The molecule has 1 aromatic heterocycles. The minimum atomic E-state index is -3.46. The first-order chi connectivity index (χ1) is 8.83. The third-order valence-electron chi connectivity index (χ3n) is 3.40. The lowest BCUT2D eigenvalue weighted by atomic mass is 10.2. The summed E-state index contributed by atoms with van der Waals surface area (Å²) >= 11 is 0. The van der Waals surface area contributed by atoms with E-state index in [4.69, 9.17) is 9.84 Å². The maximum absolute atomic E-state index is 12.3. The maximum atomic E-state index is 12.3. The molecule has 106 valence electrons. The minimum Gasteiger partial charge on any atom is -0.478 e. The predicted molar refractivity (Wildman–Crippen MR) is 66.6 cm³/mol. The van der Waals surface area contributed by atoms with Crippen molar-refractivity contribution in [1.82, 2.24) is 9.78 Å². The molecule has 1 aliphatic rings. The van der Waals surface area contributed by atoms with Crippen LogP contribution in [-0.2, 0) is 27.4 Å². The fraction of sp³-hybridized carbons (Fsp3) is 0.636. The van der Waals surface area contributed by atoms with E-state index < -0.39 is 21.1 Å². The van der Waals surface area contributed by atoms with E-state index in [0.717, 1.165) is 0 Å². The van der Waals surface area contributed by atoms with Crippen molar-refractivity contribution in [2.45, 2.75) is 30.5 Å². The second kappa shape index (κ2) is 4.93. The van der Waals surface area contributed by atoms with Crippen LogP contribution in [0.4, 0.5) is 0 Å². The van der Waals surface area contributed by atoms with Gasteiger partial charge < -0.3 is 9.84 Å². The summed E-state index contributed by atoms with van der Waals surface area (Å²) in [6.45, 7) is 2.14. The zero-order valence-corrected chi connectivity index (χ0v) is 11.6. The number of hydrogen-bond acceptors (Lipinski definition) is 5. The zero-order valence-electron chi connectivity index (χ0n) is 10.7. The fourth-order valence-electron chi connectivity index (χ4n) is 2.29. The van der Waals surface area contributed by atoms with Gasteiger partial charge >= 0.3 is 5.97 Å². The number of sulfone groups is 1. The summed E-state index contributed by atoms with van der Waals surface area (Å²) in [5, 5.41) is 12.2. The number of nitrogens with zero attached hydrogens (tertiary/aromatic N) is 2. The molecule has 19 heavy (non-hydrogen) atoms. The van der Waals surface area contributed by atoms with Gasteiger partial charge in [0.2, 0.25) is 0 Å². The van der Waals surface area contributed by atoms with Gasteiger partial charge in [0.25, 0.3) is 0 Å². The van der Waals surface area contributed by atoms with Gasteiger partial charge in [0, 0.05) is 13.7 Å². The lowest BCUT2D eigenvalue weighted by Gasteiger charge is -2.15. The van der Waals surface area contributed by atoms with Crippen molar-refractivity contribution in [3.8, 4) is 0 Å². The van der Waals surface area contributed by atoms with Crippen molar-refractivity contribution in [3.63, 3.8) is 0 Å². The van der Waals surface area contributed by atoms with E-state index in [1.165, 1.54) is 17.9 Å². The number of hydrogen-bond donors (Lipinski definition) is 1. The van der Waals surface area contributed by atoms with Gasteiger partial charge in [-0.2, -0.15) is 5.10 Å². The smallest absolute Gasteiger partial charge is 0.339 e. The molecule has 7 nitrogen and oxygen atoms in total. The number of aromatic carboxylic acids is 1. The molecule has 1 aliphatic heterocycles. The van der Waals surface area contributed by atoms with Crippen LogP contribution in [0.3, 0.4) is 0 Å². The third-order valence-corrected chi connectivity index (χ3v) is 5.62. The zero-order chi connectivity index (χ0) is 14.2. The number of carboxylic acids is 1. The first-order valence-electron chi connectivity index (χ1n) is 5.90. The molecule has 0 aliphatic carbocycles. The van der Waals surface area contributed by atoms with Crippen LogP contribution < -0.4 is 0 Å². The van der Waals surface area contributed by atoms with Gasteiger partial charge in [0.1, 0.15) is 5.56 Å². The van der Waals surface area contributed by atoms with Gasteiger partial charge in [-0.3, -0.25) is 4.68 Å². The molecule has 2 atom stereocenters. The van der Waals surface area contributed by atoms with Crippen molar-refractivity contribution < 1.29 is 23.1 Å². The Morgan fingerprint density at radius 1 is 1.63 bits per heavy atom. The molecule has 0 spiro atoms. The molecule has 1 N–H and O–H groups in total. The molecular formula is C11H16N2O5S. The Kier molecular flexibility index (Phi) is 3.64. The van der Waals surface area contributed by atoms with Crippen LogP contribution in [0, 0.1) is 0 Å². The Labute approximate surface area is 111 Å². The standard InChI is InChI=1S/C11H16N2O5S/c1-7-10(3-4-18-7)19(16,17)6-9-8(11(14)15)5-12-13(9)2/h5,7,10H,3-4,6H2,1-2H3,(H,14,15). The molecule has 1 fully saturated rings. The highest BCUT2D eigenvalue weighted by molar-refractivity contribution is 7.91. The molecular weight excluding hydrogens is 272 g/mol. The normalized spacial score (nSPS) is 23.7. The molecule has 0 bridgehead atoms. The molecule has 2 rings (SSSR count). The topological polar surface area (TPSA) is 98.5 Å². The highest BCUT2D eigenvalue weighted by Gasteiger charge is 2.37. The minimum absolute atomic E-state index is 0.0716. The van der Waals surface area contributed by atoms with E-state index in [0.29, 0.717) is 13.0 Å². The first-order valence-corrected chi connectivity index (χ1v) is 7.62. The molecule has 2 unspecified atom stereocenters. The van der Waals surface area contributed by atoms with Gasteiger partial charge in [-0.15, -0.1) is 0 Å².